The van der Waals surface area contributed by atoms with Crippen LogP contribution in [0.25, 0.3) is 0 Å². The maximum Gasteiger partial charge on any atom is 0.319 e. The van der Waals surface area contributed by atoms with E-state index in [1.165, 1.54) is 14.2 Å². The lowest BCUT2D eigenvalue weighted by molar-refractivity contribution is -0.141. The third kappa shape index (κ3) is 5.21. The van der Waals surface area contributed by atoms with Gasteiger partial charge in [0.1, 0.15) is 11.5 Å². The van der Waals surface area contributed by atoms with Gasteiger partial charge in [0, 0.05) is 12.6 Å². The molecule has 21 heavy (non-hydrogen) atoms. The Hall–Kier alpha value is -2.44. The van der Waals surface area contributed by atoms with Gasteiger partial charge in [-0.2, -0.15) is 0 Å². The third-order valence-electron chi connectivity index (χ3n) is 2.94. The van der Waals surface area contributed by atoms with Crippen LogP contribution in [-0.2, 0) is 4.79 Å². The van der Waals surface area contributed by atoms with Crippen molar-refractivity contribution in [2.45, 2.75) is 13.3 Å². The zero-order valence-corrected chi connectivity index (χ0v) is 12.3. The van der Waals surface area contributed by atoms with E-state index in [0.29, 0.717) is 23.6 Å². The van der Waals surface area contributed by atoms with Crippen LogP contribution in [0.2, 0.25) is 0 Å². The molecule has 7 nitrogen and oxygen atoms in total. The van der Waals surface area contributed by atoms with Crippen LogP contribution in [0.3, 0.4) is 0 Å². The van der Waals surface area contributed by atoms with Gasteiger partial charge in [0.05, 0.1) is 25.8 Å². The van der Waals surface area contributed by atoms with Gasteiger partial charge in [0.2, 0.25) is 0 Å². The minimum atomic E-state index is -0.881. The second-order valence-electron chi connectivity index (χ2n) is 4.48. The smallest absolute Gasteiger partial charge is 0.319 e. The highest BCUT2D eigenvalue weighted by atomic mass is 16.5. The predicted molar refractivity (Wildman–Crippen MR) is 78.0 cm³/mol. The average Bonchev–Trinajstić information content (AvgIpc) is 2.47. The summed E-state index contributed by atoms with van der Waals surface area (Å²) in [6.07, 6.45) is 0.364. The van der Waals surface area contributed by atoms with Gasteiger partial charge in [0.25, 0.3) is 0 Å². The summed E-state index contributed by atoms with van der Waals surface area (Å²) in [5.41, 5.74) is 0.502. The second kappa shape index (κ2) is 7.98. The SMILES string of the molecule is COc1ccc(NC(=O)NCCC(C)C(=O)O)c(OC)c1. The molecular formula is C14H20N2O5. The number of ether oxygens (including phenoxy) is 2. The normalized spacial score (nSPS) is 11.4. The summed E-state index contributed by atoms with van der Waals surface area (Å²) in [6, 6.07) is 4.60. The van der Waals surface area contributed by atoms with Gasteiger partial charge >= 0.3 is 12.0 Å². The van der Waals surface area contributed by atoms with Crippen LogP contribution in [0.5, 0.6) is 11.5 Å². The molecule has 0 aliphatic rings. The number of methoxy groups -OCH3 is 2. The Balaban J connectivity index is 2.53. The second-order valence-corrected chi connectivity index (χ2v) is 4.48. The number of anilines is 1. The topological polar surface area (TPSA) is 96.9 Å². The van der Waals surface area contributed by atoms with Crippen molar-refractivity contribution in [1.29, 1.82) is 0 Å². The lowest BCUT2D eigenvalue weighted by Gasteiger charge is -2.13. The summed E-state index contributed by atoms with van der Waals surface area (Å²) in [5.74, 6) is -0.286. The number of hydrogen-bond donors (Lipinski definition) is 3. The molecule has 0 saturated carbocycles. The molecule has 3 N–H and O–H groups in total. The maximum absolute atomic E-state index is 11.7. The molecule has 1 aromatic carbocycles. The van der Waals surface area contributed by atoms with Crippen LogP contribution in [-0.4, -0.2) is 37.9 Å². The van der Waals surface area contributed by atoms with Gasteiger partial charge in [-0.25, -0.2) is 4.79 Å². The third-order valence-corrected chi connectivity index (χ3v) is 2.94. The Morgan fingerprint density at radius 3 is 2.57 bits per heavy atom. The number of amides is 2. The molecule has 0 spiro atoms. The summed E-state index contributed by atoms with van der Waals surface area (Å²) in [4.78, 5) is 22.4. The molecule has 0 bridgehead atoms. The summed E-state index contributed by atoms with van der Waals surface area (Å²) in [5, 5.41) is 14.0. The van der Waals surface area contributed by atoms with E-state index in [1.54, 1.807) is 25.1 Å². The number of urea groups is 1. The molecule has 0 saturated heterocycles. The fourth-order valence-electron chi connectivity index (χ4n) is 1.59. The van der Waals surface area contributed by atoms with Crippen LogP contribution < -0.4 is 20.1 Å². The highest BCUT2D eigenvalue weighted by Crippen LogP contribution is 2.28. The van der Waals surface area contributed by atoms with Crippen LogP contribution >= 0.6 is 0 Å². The number of carbonyl (C=O) groups is 2. The first kappa shape index (κ1) is 16.6. The number of hydrogen-bond acceptors (Lipinski definition) is 4. The van der Waals surface area contributed by atoms with Crippen molar-refractivity contribution in [3.8, 4) is 11.5 Å². The van der Waals surface area contributed by atoms with Crippen molar-refractivity contribution in [1.82, 2.24) is 5.32 Å². The molecule has 1 unspecified atom stereocenters. The molecular weight excluding hydrogens is 276 g/mol. The summed E-state index contributed by atoms with van der Waals surface area (Å²) < 4.78 is 10.2. The van der Waals surface area contributed by atoms with Crippen molar-refractivity contribution in [3.05, 3.63) is 18.2 Å². The number of nitrogens with one attached hydrogen (secondary N) is 2. The molecule has 0 aromatic heterocycles. The fourth-order valence-corrected chi connectivity index (χ4v) is 1.59. The van der Waals surface area contributed by atoms with Crippen molar-refractivity contribution in [3.63, 3.8) is 0 Å². The first-order chi connectivity index (χ1) is 9.97. The van der Waals surface area contributed by atoms with Crippen LogP contribution in [0, 0.1) is 5.92 Å². The number of aliphatic carboxylic acids is 1. The van der Waals surface area contributed by atoms with E-state index in [1.807, 2.05) is 0 Å². The van der Waals surface area contributed by atoms with Gasteiger partial charge in [-0.1, -0.05) is 6.92 Å². The van der Waals surface area contributed by atoms with Crippen molar-refractivity contribution in [2.75, 3.05) is 26.1 Å². The van der Waals surface area contributed by atoms with Crippen LogP contribution in [0.4, 0.5) is 10.5 Å². The fraction of sp³-hybridized carbons (Fsp3) is 0.429. The molecule has 0 aliphatic carbocycles. The number of benzene rings is 1. The summed E-state index contributed by atoms with van der Waals surface area (Å²) in [6.45, 7) is 1.87. The Morgan fingerprint density at radius 2 is 2.00 bits per heavy atom. The Labute approximate surface area is 123 Å². The zero-order valence-electron chi connectivity index (χ0n) is 12.3. The minimum Gasteiger partial charge on any atom is -0.497 e. The molecule has 7 heteroatoms. The van der Waals surface area contributed by atoms with E-state index >= 15 is 0 Å². The number of carboxylic acid groups (broad SMARTS) is 1. The Kier molecular flexibility index (Phi) is 6.32. The molecule has 1 rings (SSSR count). The van der Waals surface area contributed by atoms with Crippen molar-refractivity contribution >= 4 is 17.7 Å². The minimum absolute atomic E-state index is 0.276. The molecule has 0 aliphatic heterocycles. The summed E-state index contributed by atoms with van der Waals surface area (Å²) >= 11 is 0. The lowest BCUT2D eigenvalue weighted by atomic mass is 10.1. The molecule has 0 fully saturated rings. The van der Waals surface area contributed by atoms with Gasteiger partial charge in [-0.05, 0) is 18.6 Å². The monoisotopic (exact) mass is 296 g/mol. The van der Waals surface area contributed by atoms with Crippen molar-refractivity contribution in [2.24, 2.45) is 5.92 Å². The van der Waals surface area contributed by atoms with Crippen LogP contribution in [0.15, 0.2) is 18.2 Å². The van der Waals surface area contributed by atoms with E-state index < -0.39 is 17.9 Å². The largest absolute Gasteiger partial charge is 0.497 e. The first-order valence-electron chi connectivity index (χ1n) is 6.47. The summed E-state index contributed by atoms with van der Waals surface area (Å²) in [7, 11) is 3.03. The van der Waals surface area contributed by atoms with E-state index in [4.69, 9.17) is 14.6 Å². The van der Waals surface area contributed by atoms with E-state index in [9.17, 15) is 9.59 Å². The van der Waals surface area contributed by atoms with E-state index in [2.05, 4.69) is 10.6 Å². The molecule has 2 amide bonds. The quantitative estimate of drug-likeness (QED) is 0.714. The van der Waals surface area contributed by atoms with Crippen molar-refractivity contribution < 1.29 is 24.2 Å². The zero-order chi connectivity index (χ0) is 15.8. The van der Waals surface area contributed by atoms with E-state index in [0.717, 1.165) is 0 Å². The number of carboxylic acids is 1. The number of rotatable bonds is 7. The van der Waals surface area contributed by atoms with Gasteiger partial charge in [-0.3, -0.25) is 4.79 Å². The average molecular weight is 296 g/mol. The number of carbonyl (C=O) groups excluding carboxylic acids is 1. The highest BCUT2D eigenvalue weighted by molar-refractivity contribution is 5.91. The lowest BCUT2D eigenvalue weighted by Crippen LogP contribution is -2.31. The Morgan fingerprint density at radius 1 is 1.29 bits per heavy atom. The van der Waals surface area contributed by atoms with Gasteiger partial charge < -0.3 is 25.2 Å². The maximum atomic E-state index is 11.7. The van der Waals surface area contributed by atoms with E-state index in [-0.39, 0.29) is 6.54 Å². The van der Waals surface area contributed by atoms with Gasteiger partial charge in [0.15, 0.2) is 0 Å². The molecule has 116 valence electrons. The van der Waals surface area contributed by atoms with Gasteiger partial charge in [-0.15, -0.1) is 0 Å². The standard InChI is InChI=1S/C14H20N2O5/c1-9(13(17)18)6-7-15-14(19)16-11-5-4-10(20-2)8-12(11)21-3/h4-5,8-9H,6-7H2,1-3H3,(H,17,18)(H2,15,16,19). The van der Waals surface area contributed by atoms with Crippen LogP contribution in [0.1, 0.15) is 13.3 Å². The molecule has 1 atom stereocenters. The molecule has 1 aromatic rings. The molecule has 0 heterocycles. The highest BCUT2D eigenvalue weighted by Gasteiger charge is 2.12. The Bertz CT molecular complexity index is 504. The molecule has 0 radical (unpaired) electrons. The first-order valence-corrected chi connectivity index (χ1v) is 6.47. The predicted octanol–water partition coefficient (Wildman–Crippen LogP) is 1.94.